The van der Waals surface area contributed by atoms with E-state index >= 15 is 0 Å². The second-order valence-electron chi connectivity index (χ2n) is 3.15. The van der Waals surface area contributed by atoms with Gasteiger partial charge in [0.25, 0.3) is 0 Å². The highest BCUT2D eigenvalue weighted by atomic mass is 79.9. The minimum atomic E-state index is -4.48. The van der Waals surface area contributed by atoms with E-state index in [1.807, 2.05) is 0 Å². The molecule has 0 bridgehead atoms. The number of Topliss-reactive ketones (excluding diaryl/α,β-unsaturated/α-hetero) is 1. The van der Waals surface area contributed by atoms with Crippen LogP contribution in [0.4, 0.5) is 13.2 Å². The van der Waals surface area contributed by atoms with Gasteiger partial charge in [-0.3, -0.25) is 4.79 Å². The molecule has 0 amide bonds. The maximum Gasteiger partial charge on any atom is 0.416 e. The first-order valence-electron chi connectivity index (χ1n) is 4.24. The predicted octanol–water partition coefficient (Wildman–Crippen LogP) is 4.24. The average molecular weight is 316 g/mol. The Morgan fingerprint density at radius 3 is 2.44 bits per heavy atom. The van der Waals surface area contributed by atoms with Gasteiger partial charge in [0.05, 0.1) is 15.9 Å². The number of hydrogen-bond acceptors (Lipinski definition) is 1. The quantitative estimate of drug-likeness (QED) is 0.589. The maximum absolute atomic E-state index is 12.6. The van der Waals surface area contributed by atoms with Crippen LogP contribution in [-0.2, 0) is 6.18 Å². The highest BCUT2D eigenvalue weighted by Gasteiger charge is 2.34. The normalized spacial score (nSPS) is 11.6. The van der Waals surface area contributed by atoms with Gasteiger partial charge in [0, 0.05) is 5.56 Å². The molecule has 0 N–H and O–H groups in total. The summed E-state index contributed by atoms with van der Waals surface area (Å²) in [6, 6.07) is 1.97. The SMILES string of the molecule is Cc1c(C(F)(F)F)ccc(Cl)c1C(=O)CBr. The Labute approximate surface area is 104 Å². The Balaban J connectivity index is 3.45. The van der Waals surface area contributed by atoms with Crippen molar-refractivity contribution >= 4 is 33.3 Å². The second kappa shape index (κ2) is 4.75. The Hall–Kier alpha value is -0.550. The number of carbonyl (C=O) groups excluding carboxylic acids is 1. The Bertz CT molecular complexity index is 429. The third-order valence-corrected chi connectivity index (χ3v) is 2.94. The van der Waals surface area contributed by atoms with Crippen LogP contribution >= 0.6 is 27.5 Å². The summed E-state index contributed by atoms with van der Waals surface area (Å²) >= 11 is 8.62. The van der Waals surface area contributed by atoms with Gasteiger partial charge in [0.1, 0.15) is 0 Å². The van der Waals surface area contributed by atoms with Crippen LogP contribution in [0.5, 0.6) is 0 Å². The summed E-state index contributed by atoms with van der Waals surface area (Å²) in [5.41, 5.74) is -1.04. The highest BCUT2D eigenvalue weighted by Crippen LogP contribution is 2.35. The molecule has 0 saturated carbocycles. The lowest BCUT2D eigenvalue weighted by Gasteiger charge is -2.14. The molecule has 6 heteroatoms. The molecule has 0 aliphatic carbocycles. The zero-order valence-electron chi connectivity index (χ0n) is 8.16. The van der Waals surface area contributed by atoms with E-state index in [0.717, 1.165) is 12.1 Å². The van der Waals surface area contributed by atoms with Crippen molar-refractivity contribution in [3.63, 3.8) is 0 Å². The van der Waals surface area contributed by atoms with E-state index in [4.69, 9.17) is 11.6 Å². The number of carbonyl (C=O) groups is 1. The first-order chi connectivity index (χ1) is 7.29. The fraction of sp³-hybridized carbons (Fsp3) is 0.300. The van der Waals surface area contributed by atoms with Gasteiger partial charge in [-0.2, -0.15) is 13.2 Å². The Morgan fingerprint density at radius 1 is 1.44 bits per heavy atom. The lowest BCUT2D eigenvalue weighted by molar-refractivity contribution is -0.138. The van der Waals surface area contributed by atoms with Crippen molar-refractivity contribution in [2.45, 2.75) is 13.1 Å². The molecule has 16 heavy (non-hydrogen) atoms. The van der Waals surface area contributed by atoms with E-state index in [1.54, 1.807) is 0 Å². The van der Waals surface area contributed by atoms with Crippen molar-refractivity contribution in [3.8, 4) is 0 Å². The molecular formula is C10H7BrClF3O. The largest absolute Gasteiger partial charge is 0.416 e. The van der Waals surface area contributed by atoms with E-state index in [1.165, 1.54) is 6.92 Å². The summed E-state index contributed by atoms with van der Waals surface area (Å²) in [7, 11) is 0. The van der Waals surface area contributed by atoms with Crippen molar-refractivity contribution < 1.29 is 18.0 Å². The molecule has 1 aromatic carbocycles. The maximum atomic E-state index is 12.6. The molecule has 0 aromatic heterocycles. The molecule has 0 heterocycles. The van der Waals surface area contributed by atoms with Crippen LogP contribution in [-0.4, -0.2) is 11.1 Å². The molecule has 0 aliphatic heterocycles. The topological polar surface area (TPSA) is 17.1 Å². The Morgan fingerprint density at radius 2 is 2.00 bits per heavy atom. The van der Waals surface area contributed by atoms with Crippen molar-refractivity contribution in [2.75, 3.05) is 5.33 Å². The molecule has 88 valence electrons. The molecule has 0 fully saturated rings. The average Bonchev–Trinajstić information content (AvgIpc) is 2.15. The van der Waals surface area contributed by atoms with Crippen LogP contribution in [0.25, 0.3) is 0 Å². The third-order valence-electron chi connectivity index (χ3n) is 2.12. The van der Waals surface area contributed by atoms with Crippen molar-refractivity contribution in [1.29, 1.82) is 0 Å². The number of halogens is 5. The van der Waals surface area contributed by atoms with Crippen LogP contribution in [0.2, 0.25) is 5.02 Å². The van der Waals surface area contributed by atoms with Gasteiger partial charge in [0.2, 0.25) is 0 Å². The fourth-order valence-electron chi connectivity index (χ4n) is 1.39. The van der Waals surface area contributed by atoms with Gasteiger partial charge in [0.15, 0.2) is 5.78 Å². The molecule has 0 radical (unpaired) electrons. The van der Waals surface area contributed by atoms with Crippen molar-refractivity contribution in [2.24, 2.45) is 0 Å². The molecule has 0 atom stereocenters. The summed E-state index contributed by atoms with van der Waals surface area (Å²) in [5, 5.41) is -0.0237. The van der Waals surface area contributed by atoms with Gasteiger partial charge in [-0.1, -0.05) is 27.5 Å². The van der Waals surface area contributed by atoms with Crippen LogP contribution in [0.3, 0.4) is 0 Å². The van der Waals surface area contributed by atoms with E-state index in [2.05, 4.69) is 15.9 Å². The molecule has 1 rings (SSSR count). The molecule has 1 aromatic rings. The Kier molecular flexibility index (Phi) is 4.02. The van der Waals surface area contributed by atoms with E-state index in [-0.39, 0.29) is 21.5 Å². The lowest BCUT2D eigenvalue weighted by Crippen LogP contribution is -2.12. The van der Waals surface area contributed by atoms with Gasteiger partial charge < -0.3 is 0 Å². The van der Waals surface area contributed by atoms with Crippen LogP contribution in [0, 0.1) is 6.92 Å². The minimum Gasteiger partial charge on any atom is -0.293 e. The van der Waals surface area contributed by atoms with Crippen LogP contribution < -0.4 is 0 Å². The highest BCUT2D eigenvalue weighted by molar-refractivity contribution is 9.09. The van der Waals surface area contributed by atoms with Gasteiger partial charge in [-0.15, -0.1) is 0 Å². The van der Waals surface area contributed by atoms with Gasteiger partial charge >= 0.3 is 6.18 Å². The molecule has 0 spiro atoms. The fourth-order valence-corrected chi connectivity index (χ4v) is 1.99. The smallest absolute Gasteiger partial charge is 0.293 e. The van der Waals surface area contributed by atoms with E-state index < -0.39 is 17.5 Å². The zero-order valence-corrected chi connectivity index (χ0v) is 10.5. The van der Waals surface area contributed by atoms with Crippen molar-refractivity contribution in [3.05, 3.63) is 33.8 Å². The predicted molar refractivity (Wildman–Crippen MR) is 59.3 cm³/mol. The van der Waals surface area contributed by atoms with Crippen LogP contribution in [0.1, 0.15) is 21.5 Å². The molecule has 0 unspecified atom stereocenters. The number of alkyl halides is 4. The summed E-state index contributed by atoms with van der Waals surface area (Å²) < 4.78 is 37.7. The molecule has 1 nitrogen and oxygen atoms in total. The number of ketones is 1. The van der Waals surface area contributed by atoms with Crippen molar-refractivity contribution in [1.82, 2.24) is 0 Å². The first kappa shape index (κ1) is 13.5. The summed E-state index contributed by atoms with van der Waals surface area (Å²) in [5.74, 6) is -0.464. The third kappa shape index (κ3) is 2.58. The summed E-state index contributed by atoms with van der Waals surface area (Å²) in [6.07, 6.45) is -4.48. The zero-order chi connectivity index (χ0) is 12.5. The standard InChI is InChI=1S/C10H7BrClF3O/c1-5-6(10(13,14)15)2-3-7(12)9(5)8(16)4-11/h2-3H,4H2,1H3. The monoisotopic (exact) mass is 314 g/mol. The van der Waals surface area contributed by atoms with Gasteiger partial charge in [-0.25, -0.2) is 0 Å². The summed E-state index contributed by atoms with van der Waals surface area (Å²) in [4.78, 5) is 11.4. The molecular weight excluding hydrogens is 308 g/mol. The molecule has 0 saturated heterocycles. The lowest BCUT2D eigenvalue weighted by atomic mass is 9.99. The minimum absolute atomic E-state index is 0.0370. The second-order valence-corrected chi connectivity index (χ2v) is 4.12. The molecule has 0 aliphatic rings. The van der Waals surface area contributed by atoms with E-state index in [0.29, 0.717) is 0 Å². The number of rotatable bonds is 2. The number of benzene rings is 1. The van der Waals surface area contributed by atoms with E-state index in [9.17, 15) is 18.0 Å². The first-order valence-corrected chi connectivity index (χ1v) is 5.74. The van der Waals surface area contributed by atoms with Gasteiger partial charge in [-0.05, 0) is 24.6 Å². The number of hydrogen-bond donors (Lipinski definition) is 0. The van der Waals surface area contributed by atoms with Crippen LogP contribution in [0.15, 0.2) is 12.1 Å². The summed E-state index contributed by atoms with van der Waals surface area (Å²) in [6.45, 7) is 1.24.